The molecule has 1 amide bonds. The lowest BCUT2D eigenvalue weighted by Gasteiger charge is -2.46. The van der Waals surface area contributed by atoms with Gasteiger partial charge in [-0.25, -0.2) is 4.68 Å². The highest BCUT2D eigenvalue weighted by Gasteiger charge is 2.36. The number of likely N-dealkylation sites (tertiary alicyclic amines) is 1. The molecule has 0 spiro atoms. The molecule has 0 atom stereocenters. The molecule has 132 valence electrons. The van der Waals surface area contributed by atoms with E-state index in [2.05, 4.69) is 31.9 Å². The monoisotopic (exact) mass is 366 g/mol. The molecule has 8 heteroatoms. The molecule has 0 bridgehead atoms. The Hall–Kier alpha value is -2.58. The first-order valence-corrected chi connectivity index (χ1v) is 9.58. The van der Waals surface area contributed by atoms with Gasteiger partial charge in [-0.2, -0.15) is 0 Å². The van der Waals surface area contributed by atoms with E-state index in [0.717, 1.165) is 38.3 Å². The number of nitrogens with zero attached hydrogens (tertiary/aromatic N) is 6. The van der Waals surface area contributed by atoms with Gasteiger partial charge in [0.15, 0.2) is 0 Å². The van der Waals surface area contributed by atoms with Gasteiger partial charge in [0.25, 0.3) is 5.91 Å². The van der Waals surface area contributed by atoms with Crippen LogP contribution in [-0.4, -0.2) is 61.6 Å². The maximum absolute atomic E-state index is 12.8. The molecule has 0 unspecified atom stereocenters. The van der Waals surface area contributed by atoms with Gasteiger partial charge in [0.05, 0.1) is 5.69 Å². The molecule has 1 saturated heterocycles. The second-order valence-corrected chi connectivity index (χ2v) is 7.76. The zero-order valence-corrected chi connectivity index (χ0v) is 15.0. The highest BCUT2D eigenvalue weighted by Crippen LogP contribution is 2.28. The third kappa shape index (κ3) is 2.71. The fourth-order valence-corrected chi connectivity index (χ4v) is 4.57. The predicted molar refractivity (Wildman–Crippen MR) is 97.3 cm³/mol. The lowest BCUT2D eigenvalue weighted by molar-refractivity contribution is 0.0221. The quantitative estimate of drug-likeness (QED) is 0.704. The Labute approximate surface area is 154 Å². The van der Waals surface area contributed by atoms with Crippen LogP contribution in [0, 0.1) is 0 Å². The maximum atomic E-state index is 12.8. The number of carbonyl (C=O) groups is 1. The molecule has 26 heavy (non-hydrogen) atoms. The van der Waals surface area contributed by atoms with Gasteiger partial charge in [0, 0.05) is 42.7 Å². The molecule has 1 aromatic carbocycles. The van der Waals surface area contributed by atoms with E-state index in [4.69, 9.17) is 0 Å². The molecule has 0 aliphatic carbocycles. The average molecular weight is 366 g/mol. The van der Waals surface area contributed by atoms with Gasteiger partial charge in [0.1, 0.15) is 6.33 Å². The van der Waals surface area contributed by atoms with Crippen LogP contribution in [0.1, 0.15) is 20.8 Å². The Morgan fingerprint density at radius 2 is 2.15 bits per heavy atom. The van der Waals surface area contributed by atoms with Gasteiger partial charge in [0.2, 0.25) is 0 Å². The van der Waals surface area contributed by atoms with Crippen LogP contribution >= 0.6 is 11.3 Å². The molecule has 4 heterocycles. The van der Waals surface area contributed by atoms with Crippen LogP contribution in [0.25, 0.3) is 5.69 Å². The molecular weight excluding hydrogens is 348 g/mol. The Kier molecular flexibility index (Phi) is 3.79. The summed E-state index contributed by atoms with van der Waals surface area (Å²) in [5.41, 5.74) is 2.93. The number of carbonyl (C=O) groups excluding carboxylic acids is 1. The zero-order chi connectivity index (χ0) is 17.5. The number of hydrogen-bond acceptors (Lipinski definition) is 6. The number of hydrogen-bond donors (Lipinski definition) is 0. The zero-order valence-electron chi connectivity index (χ0n) is 14.2. The number of rotatable bonds is 3. The van der Waals surface area contributed by atoms with Crippen molar-refractivity contribution in [3.63, 3.8) is 0 Å². The lowest BCUT2D eigenvalue weighted by atomic mass is 10.0. The first-order valence-electron chi connectivity index (χ1n) is 8.70. The van der Waals surface area contributed by atoms with Crippen LogP contribution in [0.5, 0.6) is 0 Å². The molecule has 5 rings (SSSR count). The number of benzene rings is 1. The molecule has 2 aliphatic heterocycles. The van der Waals surface area contributed by atoms with Crippen molar-refractivity contribution >= 4 is 17.2 Å². The number of aromatic nitrogens is 4. The van der Waals surface area contributed by atoms with E-state index in [1.807, 2.05) is 40.5 Å². The first kappa shape index (κ1) is 15.7. The molecular formula is C18H18N6OS. The summed E-state index contributed by atoms with van der Waals surface area (Å²) in [6.07, 6.45) is 2.66. The summed E-state index contributed by atoms with van der Waals surface area (Å²) in [7, 11) is 0. The van der Waals surface area contributed by atoms with Gasteiger partial charge < -0.3 is 4.90 Å². The van der Waals surface area contributed by atoms with Crippen LogP contribution < -0.4 is 0 Å². The van der Waals surface area contributed by atoms with E-state index in [1.54, 1.807) is 4.68 Å². The van der Waals surface area contributed by atoms with Crippen molar-refractivity contribution in [3.8, 4) is 5.69 Å². The van der Waals surface area contributed by atoms with Crippen molar-refractivity contribution in [2.24, 2.45) is 0 Å². The summed E-state index contributed by atoms with van der Waals surface area (Å²) in [4.78, 5) is 18.7. The van der Waals surface area contributed by atoms with Crippen LogP contribution in [0.15, 0.2) is 42.0 Å². The second-order valence-electron chi connectivity index (χ2n) is 6.76. The topological polar surface area (TPSA) is 67.2 Å². The van der Waals surface area contributed by atoms with Gasteiger partial charge in [-0.05, 0) is 52.1 Å². The molecule has 3 aromatic rings. The number of fused-ring (bicyclic) bond motifs is 1. The summed E-state index contributed by atoms with van der Waals surface area (Å²) in [5.74, 6) is 0.0735. The normalized spacial score (nSPS) is 17.8. The van der Waals surface area contributed by atoms with Gasteiger partial charge in [-0.1, -0.05) is 6.07 Å². The molecule has 0 radical (unpaired) electrons. The minimum Gasteiger partial charge on any atom is -0.335 e. The Morgan fingerprint density at radius 1 is 1.23 bits per heavy atom. The van der Waals surface area contributed by atoms with Crippen molar-refractivity contribution in [2.45, 2.75) is 19.0 Å². The third-order valence-electron chi connectivity index (χ3n) is 5.21. The van der Waals surface area contributed by atoms with Crippen LogP contribution in [0.2, 0.25) is 0 Å². The molecule has 1 fully saturated rings. The largest absolute Gasteiger partial charge is 0.335 e. The van der Waals surface area contributed by atoms with E-state index in [9.17, 15) is 4.79 Å². The maximum Gasteiger partial charge on any atom is 0.254 e. The number of amides is 1. The summed E-state index contributed by atoms with van der Waals surface area (Å²) in [5, 5.41) is 13.3. The van der Waals surface area contributed by atoms with Gasteiger partial charge in [-0.3, -0.25) is 9.69 Å². The number of thiophene rings is 1. The third-order valence-corrected chi connectivity index (χ3v) is 6.23. The van der Waals surface area contributed by atoms with Crippen molar-refractivity contribution in [1.82, 2.24) is 30.0 Å². The van der Waals surface area contributed by atoms with E-state index in [0.29, 0.717) is 11.6 Å². The second kappa shape index (κ2) is 6.30. The smallest absolute Gasteiger partial charge is 0.254 e. The SMILES string of the molecule is O=C(c1cccc(-n2cnnn2)c1)N1CC(N2CCc3sccc3C2)C1. The molecule has 2 aromatic heterocycles. The number of tetrazole rings is 1. The Bertz CT molecular complexity index is 931. The van der Waals surface area contributed by atoms with E-state index in [-0.39, 0.29) is 5.91 Å². The Balaban J connectivity index is 1.24. The Morgan fingerprint density at radius 3 is 3.00 bits per heavy atom. The lowest BCUT2D eigenvalue weighted by Crippen LogP contribution is -2.61. The molecule has 7 nitrogen and oxygen atoms in total. The van der Waals surface area contributed by atoms with Crippen molar-refractivity contribution in [3.05, 3.63) is 58.0 Å². The van der Waals surface area contributed by atoms with Crippen LogP contribution in [0.3, 0.4) is 0 Å². The molecule has 0 N–H and O–H groups in total. The van der Waals surface area contributed by atoms with Crippen LogP contribution in [0.4, 0.5) is 0 Å². The minimum absolute atomic E-state index is 0.0735. The first-order chi connectivity index (χ1) is 12.8. The molecule has 0 saturated carbocycles. The van der Waals surface area contributed by atoms with Crippen LogP contribution in [-0.2, 0) is 13.0 Å². The standard InChI is InChI=1S/C18H18N6OS/c25-18(13-2-1-3-15(8-13)24-12-19-20-21-24)23-10-16(11-23)22-6-4-17-14(9-22)5-7-26-17/h1-3,5,7-8,12,16H,4,6,9-11H2. The predicted octanol–water partition coefficient (Wildman–Crippen LogP) is 1.61. The summed E-state index contributed by atoms with van der Waals surface area (Å²) in [6, 6.07) is 10.1. The fourth-order valence-electron chi connectivity index (χ4n) is 3.68. The average Bonchev–Trinajstić information content (AvgIpc) is 3.32. The fraction of sp³-hybridized carbons (Fsp3) is 0.333. The highest BCUT2D eigenvalue weighted by atomic mass is 32.1. The van der Waals surface area contributed by atoms with Gasteiger partial charge in [-0.15, -0.1) is 16.4 Å². The summed E-state index contributed by atoms with van der Waals surface area (Å²) < 4.78 is 1.56. The van der Waals surface area contributed by atoms with Crippen molar-refractivity contribution < 1.29 is 4.79 Å². The minimum atomic E-state index is 0.0735. The van der Waals surface area contributed by atoms with Gasteiger partial charge >= 0.3 is 0 Å². The van der Waals surface area contributed by atoms with E-state index < -0.39 is 0 Å². The van der Waals surface area contributed by atoms with Crippen molar-refractivity contribution in [2.75, 3.05) is 19.6 Å². The summed E-state index contributed by atoms with van der Waals surface area (Å²) >= 11 is 1.86. The van der Waals surface area contributed by atoms with Crippen molar-refractivity contribution in [1.29, 1.82) is 0 Å². The summed E-state index contributed by atoms with van der Waals surface area (Å²) in [6.45, 7) is 3.70. The van der Waals surface area contributed by atoms with E-state index in [1.165, 1.54) is 16.8 Å². The molecule has 2 aliphatic rings. The highest BCUT2D eigenvalue weighted by molar-refractivity contribution is 7.10. The van der Waals surface area contributed by atoms with E-state index >= 15 is 0 Å².